The average Bonchev–Trinajstić information content (AvgIpc) is 3.14. The molecule has 11 heteroatoms. The number of nitrogens with one attached hydrogen (secondary N) is 4. The van der Waals surface area contributed by atoms with Gasteiger partial charge >= 0.3 is 6.18 Å². The largest absolute Gasteiger partial charge is 0.416 e. The third-order valence-corrected chi connectivity index (χ3v) is 5.50. The molecule has 1 aromatic heterocycles. The van der Waals surface area contributed by atoms with E-state index in [0.29, 0.717) is 12.6 Å². The van der Waals surface area contributed by atoms with Gasteiger partial charge in [-0.05, 0) is 62.9 Å². The van der Waals surface area contributed by atoms with E-state index >= 15 is 0 Å². The predicted molar refractivity (Wildman–Crippen MR) is 124 cm³/mol. The Kier molecular flexibility index (Phi) is 9.22. The Balaban J connectivity index is 1.96. The maximum Gasteiger partial charge on any atom is 0.416 e. The molecule has 0 aliphatic rings. The number of amides is 3. The van der Waals surface area contributed by atoms with Crippen molar-refractivity contribution >= 4 is 29.1 Å². The second-order valence-corrected chi connectivity index (χ2v) is 9.84. The normalized spacial score (nSPS) is 12.7. The number of rotatable bonds is 9. The Morgan fingerprint density at radius 2 is 1.79 bits per heavy atom. The summed E-state index contributed by atoms with van der Waals surface area (Å²) in [5, 5.41) is 12.8. The van der Waals surface area contributed by atoms with Gasteiger partial charge in [-0.25, -0.2) is 0 Å². The highest BCUT2D eigenvalue weighted by Gasteiger charge is 2.31. The fourth-order valence-corrected chi connectivity index (χ4v) is 3.78. The van der Waals surface area contributed by atoms with Crippen molar-refractivity contribution < 1.29 is 27.6 Å². The quantitative estimate of drug-likeness (QED) is 0.427. The van der Waals surface area contributed by atoms with Crippen molar-refractivity contribution in [3.05, 3.63) is 57.3 Å². The molecule has 0 fully saturated rings. The van der Waals surface area contributed by atoms with E-state index < -0.39 is 47.6 Å². The van der Waals surface area contributed by atoms with Crippen LogP contribution in [0.1, 0.15) is 47.1 Å². The summed E-state index contributed by atoms with van der Waals surface area (Å²) < 4.78 is 38.6. The summed E-state index contributed by atoms with van der Waals surface area (Å²) >= 11 is 1.58. The lowest BCUT2D eigenvalue weighted by Crippen LogP contribution is -2.56. The zero-order chi connectivity index (χ0) is 25.5. The highest BCUT2D eigenvalue weighted by atomic mass is 32.1. The number of thiophene rings is 1. The van der Waals surface area contributed by atoms with Crippen molar-refractivity contribution in [2.45, 2.75) is 52.0 Å². The summed E-state index contributed by atoms with van der Waals surface area (Å²) in [6.45, 7) is 7.56. The third kappa shape index (κ3) is 9.14. The topological polar surface area (TPSA) is 99.3 Å². The molecule has 0 bridgehead atoms. The molecule has 1 unspecified atom stereocenters. The highest BCUT2D eigenvalue weighted by molar-refractivity contribution is 7.10. The van der Waals surface area contributed by atoms with Crippen LogP contribution >= 0.6 is 11.3 Å². The van der Waals surface area contributed by atoms with Gasteiger partial charge in [0.1, 0.15) is 6.04 Å². The third-order valence-electron chi connectivity index (χ3n) is 4.44. The van der Waals surface area contributed by atoms with Gasteiger partial charge in [0.05, 0.1) is 12.1 Å². The van der Waals surface area contributed by atoms with Crippen LogP contribution in [-0.2, 0) is 22.3 Å². The van der Waals surface area contributed by atoms with Crippen molar-refractivity contribution in [2.75, 3.05) is 13.1 Å². The molecule has 1 atom stereocenters. The first-order valence-electron chi connectivity index (χ1n) is 10.6. The van der Waals surface area contributed by atoms with Gasteiger partial charge < -0.3 is 21.3 Å². The first kappa shape index (κ1) is 27.3. The standard InChI is InChI=1S/C23H29F3N4O3S/c1-14-8-17(34-13-14)10-27-11-18(21(33)30-22(2,3)4)29-19(31)12-28-20(32)15-6-5-7-16(9-15)23(24,25)26/h5-9,13,18,27H,10-12H2,1-4H3,(H,28,32)(H,29,31)(H,30,33). The lowest BCUT2D eigenvalue weighted by molar-refractivity contribution is -0.137. The van der Waals surface area contributed by atoms with Gasteiger partial charge in [0.25, 0.3) is 5.91 Å². The van der Waals surface area contributed by atoms with Crippen molar-refractivity contribution in [2.24, 2.45) is 0 Å². The molecule has 186 valence electrons. The lowest BCUT2D eigenvalue weighted by atomic mass is 10.1. The fraction of sp³-hybridized carbons (Fsp3) is 0.435. The molecule has 7 nitrogen and oxygen atoms in total. The van der Waals surface area contributed by atoms with Crippen LogP contribution < -0.4 is 21.3 Å². The van der Waals surface area contributed by atoms with E-state index in [2.05, 4.69) is 21.3 Å². The first-order chi connectivity index (χ1) is 15.7. The Morgan fingerprint density at radius 1 is 1.09 bits per heavy atom. The maximum absolute atomic E-state index is 12.9. The molecule has 4 N–H and O–H groups in total. The van der Waals surface area contributed by atoms with Crippen LogP contribution in [0.5, 0.6) is 0 Å². The van der Waals surface area contributed by atoms with Crippen LogP contribution in [0.2, 0.25) is 0 Å². The molecule has 0 saturated heterocycles. The number of carbonyl (C=O) groups is 3. The van der Waals surface area contributed by atoms with E-state index in [1.165, 1.54) is 6.07 Å². The van der Waals surface area contributed by atoms with Crippen molar-refractivity contribution in [3.8, 4) is 0 Å². The van der Waals surface area contributed by atoms with E-state index in [9.17, 15) is 27.6 Å². The molecule has 3 amide bonds. The van der Waals surface area contributed by atoms with E-state index in [1.54, 1.807) is 32.1 Å². The van der Waals surface area contributed by atoms with Gasteiger partial charge in [0, 0.05) is 29.1 Å². The van der Waals surface area contributed by atoms with Crippen molar-refractivity contribution in [1.29, 1.82) is 0 Å². The molecule has 0 aliphatic heterocycles. The summed E-state index contributed by atoms with van der Waals surface area (Å²) in [4.78, 5) is 38.4. The Labute approximate surface area is 200 Å². The van der Waals surface area contributed by atoms with Crippen LogP contribution in [0.15, 0.2) is 35.7 Å². The van der Waals surface area contributed by atoms with Gasteiger partial charge in [-0.15, -0.1) is 11.3 Å². The molecule has 0 aliphatic carbocycles. The minimum absolute atomic E-state index is 0.145. The number of aryl methyl sites for hydroxylation is 1. The van der Waals surface area contributed by atoms with Gasteiger partial charge in [-0.2, -0.15) is 13.2 Å². The molecule has 1 heterocycles. The number of hydrogen-bond donors (Lipinski definition) is 4. The molecule has 2 aromatic rings. The molecular weight excluding hydrogens is 469 g/mol. The molecule has 0 spiro atoms. The molecule has 0 radical (unpaired) electrons. The molecule has 1 aromatic carbocycles. The van der Waals surface area contributed by atoms with Crippen LogP contribution in [0.4, 0.5) is 13.2 Å². The van der Waals surface area contributed by atoms with Crippen LogP contribution in [0.25, 0.3) is 0 Å². The smallest absolute Gasteiger partial charge is 0.350 e. The first-order valence-corrected chi connectivity index (χ1v) is 11.4. The zero-order valence-electron chi connectivity index (χ0n) is 19.4. The molecular formula is C23H29F3N4O3S. The Hall–Kier alpha value is -2.92. The number of alkyl halides is 3. The summed E-state index contributed by atoms with van der Waals surface area (Å²) in [6.07, 6.45) is -4.59. The minimum Gasteiger partial charge on any atom is -0.350 e. The van der Waals surface area contributed by atoms with E-state index in [0.717, 1.165) is 22.6 Å². The van der Waals surface area contributed by atoms with Crippen LogP contribution in [0.3, 0.4) is 0 Å². The zero-order valence-corrected chi connectivity index (χ0v) is 20.2. The second-order valence-electron chi connectivity index (χ2n) is 8.84. The van der Waals surface area contributed by atoms with Gasteiger partial charge in [-0.3, -0.25) is 14.4 Å². The van der Waals surface area contributed by atoms with Gasteiger partial charge in [0.15, 0.2) is 0 Å². The predicted octanol–water partition coefficient (Wildman–Crippen LogP) is 2.99. The number of halogens is 3. The van der Waals surface area contributed by atoms with E-state index in [1.807, 2.05) is 18.4 Å². The Bertz CT molecular complexity index is 1020. The number of hydrogen-bond acceptors (Lipinski definition) is 5. The highest BCUT2D eigenvalue weighted by Crippen LogP contribution is 2.29. The molecule has 34 heavy (non-hydrogen) atoms. The van der Waals surface area contributed by atoms with Crippen LogP contribution in [0, 0.1) is 6.92 Å². The molecule has 2 rings (SSSR count). The number of carbonyl (C=O) groups excluding carboxylic acids is 3. The van der Waals surface area contributed by atoms with Crippen LogP contribution in [-0.4, -0.2) is 42.4 Å². The van der Waals surface area contributed by atoms with Crippen molar-refractivity contribution in [1.82, 2.24) is 21.3 Å². The van der Waals surface area contributed by atoms with Crippen molar-refractivity contribution in [3.63, 3.8) is 0 Å². The lowest BCUT2D eigenvalue weighted by Gasteiger charge is -2.25. The van der Waals surface area contributed by atoms with E-state index in [4.69, 9.17) is 0 Å². The van der Waals surface area contributed by atoms with E-state index in [-0.39, 0.29) is 12.1 Å². The number of benzene rings is 1. The summed E-state index contributed by atoms with van der Waals surface area (Å²) in [7, 11) is 0. The summed E-state index contributed by atoms with van der Waals surface area (Å²) in [5.74, 6) is -1.88. The van der Waals surface area contributed by atoms with Gasteiger partial charge in [0.2, 0.25) is 11.8 Å². The minimum atomic E-state index is -4.59. The monoisotopic (exact) mass is 498 g/mol. The Morgan fingerprint density at radius 3 is 2.38 bits per heavy atom. The average molecular weight is 499 g/mol. The second kappa shape index (κ2) is 11.5. The van der Waals surface area contributed by atoms with Gasteiger partial charge in [-0.1, -0.05) is 6.07 Å². The molecule has 0 saturated carbocycles. The summed E-state index contributed by atoms with van der Waals surface area (Å²) in [6, 6.07) is 5.00. The fourth-order valence-electron chi connectivity index (χ4n) is 2.93. The SMILES string of the molecule is Cc1csc(CNCC(NC(=O)CNC(=O)c2cccc(C(F)(F)F)c2)C(=O)NC(C)(C)C)c1. The maximum atomic E-state index is 12.9. The summed E-state index contributed by atoms with van der Waals surface area (Å²) in [5.41, 5.74) is -0.579.